The standard InChI is InChI=1S/C15H10Cl2O2/c1-9-4-2-3-5-11(9)15(19)13-12(16)7-6-10(8-18)14(13)17/h2-8H,1H3. The second kappa shape index (κ2) is 5.55. The van der Waals surface area contributed by atoms with Gasteiger partial charge >= 0.3 is 0 Å². The lowest BCUT2D eigenvalue weighted by molar-refractivity contribution is 0.103. The summed E-state index contributed by atoms with van der Waals surface area (Å²) >= 11 is 12.1. The van der Waals surface area contributed by atoms with E-state index >= 15 is 0 Å². The molecule has 2 nitrogen and oxygen atoms in total. The highest BCUT2D eigenvalue weighted by atomic mass is 35.5. The molecule has 0 saturated heterocycles. The molecule has 19 heavy (non-hydrogen) atoms. The van der Waals surface area contributed by atoms with E-state index in [1.165, 1.54) is 12.1 Å². The van der Waals surface area contributed by atoms with Crippen molar-refractivity contribution in [2.75, 3.05) is 0 Å². The Hall–Kier alpha value is -1.64. The molecule has 0 atom stereocenters. The molecule has 0 saturated carbocycles. The van der Waals surface area contributed by atoms with Crippen LogP contribution in [0, 0.1) is 6.92 Å². The lowest BCUT2D eigenvalue weighted by Crippen LogP contribution is -2.06. The molecule has 4 heteroatoms. The zero-order valence-electron chi connectivity index (χ0n) is 10.1. The molecule has 96 valence electrons. The van der Waals surface area contributed by atoms with E-state index in [1.54, 1.807) is 12.1 Å². The summed E-state index contributed by atoms with van der Waals surface area (Å²) in [5, 5.41) is 0.333. The largest absolute Gasteiger partial charge is 0.298 e. The number of carbonyl (C=O) groups is 2. The summed E-state index contributed by atoms with van der Waals surface area (Å²) < 4.78 is 0. The van der Waals surface area contributed by atoms with E-state index in [0.717, 1.165) is 5.56 Å². The van der Waals surface area contributed by atoms with E-state index in [1.807, 2.05) is 19.1 Å². The van der Waals surface area contributed by atoms with Gasteiger partial charge in [0.15, 0.2) is 12.1 Å². The van der Waals surface area contributed by atoms with E-state index in [-0.39, 0.29) is 27.0 Å². The van der Waals surface area contributed by atoms with Gasteiger partial charge in [-0.1, -0.05) is 47.5 Å². The van der Waals surface area contributed by atoms with Gasteiger partial charge in [0, 0.05) is 11.1 Å². The number of hydrogen-bond donors (Lipinski definition) is 0. The summed E-state index contributed by atoms with van der Waals surface area (Å²) in [7, 11) is 0. The first-order valence-corrected chi connectivity index (χ1v) is 6.35. The SMILES string of the molecule is Cc1ccccc1C(=O)c1c(Cl)ccc(C=O)c1Cl. The van der Waals surface area contributed by atoms with E-state index < -0.39 is 0 Å². The minimum absolute atomic E-state index is 0.0933. The van der Waals surface area contributed by atoms with Gasteiger partial charge in [-0.15, -0.1) is 0 Å². The Morgan fingerprint density at radius 3 is 2.42 bits per heavy atom. The Balaban J connectivity index is 2.63. The van der Waals surface area contributed by atoms with Crippen molar-refractivity contribution < 1.29 is 9.59 Å². The minimum Gasteiger partial charge on any atom is -0.298 e. The first-order valence-electron chi connectivity index (χ1n) is 5.59. The van der Waals surface area contributed by atoms with Crippen LogP contribution in [0.2, 0.25) is 10.0 Å². The lowest BCUT2D eigenvalue weighted by atomic mass is 9.98. The number of hydrogen-bond acceptors (Lipinski definition) is 2. The minimum atomic E-state index is -0.281. The third-order valence-corrected chi connectivity index (χ3v) is 3.59. The molecule has 2 aromatic carbocycles. The van der Waals surface area contributed by atoms with Crippen LogP contribution < -0.4 is 0 Å². The number of halogens is 2. The smallest absolute Gasteiger partial charge is 0.196 e. The molecule has 2 aromatic rings. The molecule has 0 heterocycles. The number of benzene rings is 2. The van der Waals surface area contributed by atoms with Crippen LogP contribution >= 0.6 is 23.2 Å². The second-order valence-electron chi connectivity index (χ2n) is 4.09. The molecular formula is C15H10Cl2O2. The van der Waals surface area contributed by atoms with Crippen molar-refractivity contribution in [2.45, 2.75) is 6.92 Å². The van der Waals surface area contributed by atoms with Gasteiger partial charge in [-0.25, -0.2) is 0 Å². The van der Waals surface area contributed by atoms with Crippen molar-refractivity contribution in [1.29, 1.82) is 0 Å². The fraction of sp³-hybridized carbons (Fsp3) is 0.0667. The van der Waals surface area contributed by atoms with Crippen molar-refractivity contribution in [3.63, 3.8) is 0 Å². The molecule has 0 radical (unpaired) electrons. The van der Waals surface area contributed by atoms with Crippen LogP contribution in [0.15, 0.2) is 36.4 Å². The van der Waals surface area contributed by atoms with Crippen LogP contribution in [0.4, 0.5) is 0 Å². The third kappa shape index (κ3) is 2.55. The highest BCUT2D eigenvalue weighted by Crippen LogP contribution is 2.30. The molecule has 0 aliphatic rings. The second-order valence-corrected chi connectivity index (χ2v) is 4.87. The summed E-state index contributed by atoms with van der Waals surface area (Å²) in [4.78, 5) is 23.4. The maximum Gasteiger partial charge on any atom is 0.196 e. The monoisotopic (exact) mass is 292 g/mol. The Morgan fingerprint density at radius 1 is 1.11 bits per heavy atom. The molecular weight excluding hydrogens is 283 g/mol. The van der Waals surface area contributed by atoms with E-state index in [9.17, 15) is 9.59 Å². The van der Waals surface area contributed by atoms with Crippen LogP contribution in [0.25, 0.3) is 0 Å². The Kier molecular flexibility index (Phi) is 4.03. The summed E-state index contributed by atoms with van der Waals surface area (Å²) in [5.74, 6) is -0.281. The Labute approximate surface area is 121 Å². The zero-order valence-corrected chi connectivity index (χ0v) is 11.6. The number of carbonyl (C=O) groups excluding carboxylic acids is 2. The average molecular weight is 293 g/mol. The molecule has 0 aromatic heterocycles. The quantitative estimate of drug-likeness (QED) is 0.623. The Bertz CT molecular complexity index is 663. The lowest BCUT2D eigenvalue weighted by Gasteiger charge is -2.09. The molecule has 0 unspecified atom stereocenters. The number of aldehydes is 1. The van der Waals surface area contributed by atoms with Crippen molar-refractivity contribution in [1.82, 2.24) is 0 Å². The van der Waals surface area contributed by atoms with E-state index in [4.69, 9.17) is 23.2 Å². The van der Waals surface area contributed by atoms with Gasteiger partial charge in [0.2, 0.25) is 0 Å². The summed E-state index contributed by atoms with van der Waals surface area (Å²) in [5.41, 5.74) is 1.77. The number of rotatable bonds is 3. The molecule has 0 amide bonds. The van der Waals surface area contributed by atoms with Crippen LogP contribution in [0.3, 0.4) is 0 Å². The molecule has 0 bridgehead atoms. The summed E-state index contributed by atoms with van der Waals surface area (Å²) in [6.45, 7) is 1.83. The van der Waals surface area contributed by atoms with Gasteiger partial charge in [0.25, 0.3) is 0 Å². The van der Waals surface area contributed by atoms with Crippen molar-refractivity contribution >= 4 is 35.3 Å². The molecule has 0 N–H and O–H groups in total. The van der Waals surface area contributed by atoms with Gasteiger partial charge in [0.05, 0.1) is 15.6 Å². The molecule has 0 spiro atoms. The van der Waals surface area contributed by atoms with Gasteiger partial charge in [-0.3, -0.25) is 9.59 Å². The van der Waals surface area contributed by atoms with Crippen molar-refractivity contribution in [2.24, 2.45) is 0 Å². The maximum absolute atomic E-state index is 12.5. The zero-order chi connectivity index (χ0) is 14.0. The Morgan fingerprint density at radius 2 is 1.79 bits per heavy atom. The van der Waals surface area contributed by atoms with E-state index in [2.05, 4.69) is 0 Å². The molecule has 2 rings (SSSR count). The third-order valence-electron chi connectivity index (χ3n) is 2.86. The molecule has 0 aliphatic heterocycles. The highest BCUT2D eigenvalue weighted by Gasteiger charge is 2.20. The van der Waals surface area contributed by atoms with Crippen LogP contribution in [-0.2, 0) is 0 Å². The maximum atomic E-state index is 12.5. The molecule has 0 fully saturated rings. The summed E-state index contributed by atoms with van der Waals surface area (Å²) in [6, 6.07) is 10.1. The average Bonchev–Trinajstić information content (AvgIpc) is 2.39. The first-order chi connectivity index (χ1) is 9.06. The number of ketones is 1. The van der Waals surface area contributed by atoms with Crippen LogP contribution in [0.1, 0.15) is 31.8 Å². The molecule has 0 aliphatic carbocycles. The van der Waals surface area contributed by atoms with Crippen molar-refractivity contribution in [3.05, 3.63) is 68.7 Å². The summed E-state index contributed by atoms with van der Waals surface area (Å²) in [6.07, 6.45) is 0.604. The first kappa shape index (κ1) is 13.8. The topological polar surface area (TPSA) is 34.1 Å². The van der Waals surface area contributed by atoms with Crippen LogP contribution in [0.5, 0.6) is 0 Å². The van der Waals surface area contributed by atoms with Crippen LogP contribution in [-0.4, -0.2) is 12.1 Å². The van der Waals surface area contributed by atoms with Gasteiger partial charge in [0.1, 0.15) is 0 Å². The van der Waals surface area contributed by atoms with Gasteiger partial charge < -0.3 is 0 Å². The van der Waals surface area contributed by atoms with Gasteiger partial charge in [-0.05, 0) is 24.6 Å². The fourth-order valence-electron chi connectivity index (χ4n) is 1.83. The predicted molar refractivity (Wildman–Crippen MR) is 76.5 cm³/mol. The number of aryl methyl sites for hydroxylation is 1. The normalized spacial score (nSPS) is 10.3. The fourth-order valence-corrected chi connectivity index (χ4v) is 2.42. The van der Waals surface area contributed by atoms with Gasteiger partial charge in [-0.2, -0.15) is 0 Å². The van der Waals surface area contributed by atoms with Crippen molar-refractivity contribution in [3.8, 4) is 0 Å². The predicted octanol–water partition coefficient (Wildman–Crippen LogP) is 4.35. The highest BCUT2D eigenvalue weighted by molar-refractivity contribution is 6.42. The van der Waals surface area contributed by atoms with E-state index in [0.29, 0.717) is 11.8 Å².